The van der Waals surface area contributed by atoms with E-state index in [9.17, 15) is 9.59 Å². The van der Waals surface area contributed by atoms with Gasteiger partial charge in [-0.2, -0.15) is 0 Å². The first-order valence-corrected chi connectivity index (χ1v) is 10.2. The molecular formula is C22H28N6O2. The molecule has 0 saturated carbocycles. The largest absolute Gasteiger partial charge is 0.356 e. The molecule has 0 aliphatic carbocycles. The Morgan fingerprint density at radius 2 is 1.17 bits per heavy atom. The summed E-state index contributed by atoms with van der Waals surface area (Å²) in [5.74, 6) is 0.00744. The number of carbonyl (C=O) groups excluding carboxylic acids is 2. The topological polar surface area (TPSA) is 93.8 Å². The third kappa shape index (κ3) is 7.54. The summed E-state index contributed by atoms with van der Waals surface area (Å²) in [4.78, 5) is 32.1. The molecule has 0 unspecified atom stereocenters. The SMILES string of the molecule is O=C(Cc1ccc(CC(=O)NCCCn2ccnc2)cc1)NCCCn1ccnc1. The van der Waals surface area contributed by atoms with Crippen molar-refractivity contribution in [1.82, 2.24) is 29.7 Å². The van der Waals surface area contributed by atoms with Gasteiger partial charge in [0.2, 0.25) is 11.8 Å². The van der Waals surface area contributed by atoms with Crippen molar-refractivity contribution in [3.63, 3.8) is 0 Å². The first-order chi connectivity index (χ1) is 14.7. The van der Waals surface area contributed by atoms with E-state index in [0.29, 0.717) is 25.9 Å². The second kappa shape index (κ2) is 11.5. The number of aromatic nitrogens is 4. The molecule has 0 spiro atoms. The van der Waals surface area contributed by atoms with Crippen LogP contribution >= 0.6 is 0 Å². The van der Waals surface area contributed by atoms with E-state index in [1.807, 2.05) is 45.8 Å². The van der Waals surface area contributed by atoms with E-state index >= 15 is 0 Å². The summed E-state index contributed by atoms with van der Waals surface area (Å²) < 4.78 is 3.97. The van der Waals surface area contributed by atoms with Crippen LogP contribution in [0.5, 0.6) is 0 Å². The van der Waals surface area contributed by atoms with Crippen LogP contribution in [-0.4, -0.2) is 44.0 Å². The van der Waals surface area contributed by atoms with E-state index in [-0.39, 0.29) is 11.8 Å². The fourth-order valence-electron chi connectivity index (χ4n) is 3.09. The average Bonchev–Trinajstić information content (AvgIpc) is 3.44. The zero-order chi connectivity index (χ0) is 21.0. The minimum absolute atomic E-state index is 0.00372. The second-order valence-electron chi connectivity index (χ2n) is 7.18. The van der Waals surface area contributed by atoms with Gasteiger partial charge in [0.1, 0.15) is 0 Å². The molecular weight excluding hydrogens is 380 g/mol. The number of amides is 2. The fraction of sp³-hybridized carbons (Fsp3) is 0.364. The van der Waals surface area contributed by atoms with Crippen LogP contribution in [0.15, 0.2) is 61.7 Å². The third-order valence-electron chi connectivity index (χ3n) is 4.70. The molecule has 0 saturated heterocycles. The summed E-state index contributed by atoms with van der Waals surface area (Å²) in [7, 11) is 0. The maximum atomic E-state index is 12.1. The van der Waals surface area contributed by atoms with Crippen molar-refractivity contribution in [2.24, 2.45) is 0 Å². The third-order valence-corrected chi connectivity index (χ3v) is 4.70. The van der Waals surface area contributed by atoms with Crippen LogP contribution in [0, 0.1) is 0 Å². The Kier molecular flexibility index (Phi) is 8.20. The quantitative estimate of drug-likeness (QED) is 0.445. The lowest BCUT2D eigenvalue weighted by Gasteiger charge is -2.08. The van der Waals surface area contributed by atoms with Gasteiger partial charge in [-0.15, -0.1) is 0 Å². The maximum Gasteiger partial charge on any atom is 0.224 e. The first kappa shape index (κ1) is 21.3. The fourth-order valence-corrected chi connectivity index (χ4v) is 3.09. The number of nitrogens with one attached hydrogen (secondary N) is 2. The van der Waals surface area contributed by atoms with E-state index < -0.39 is 0 Å². The standard InChI is InChI=1S/C22H28N6O2/c29-21(25-7-1-11-27-13-9-23-17-27)15-19-3-5-20(6-4-19)16-22(30)26-8-2-12-28-14-10-24-18-28/h3-6,9-10,13-14,17-18H,1-2,7-8,11-12,15-16H2,(H,25,29)(H,26,30). The van der Waals surface area contributed by atoms with Crippen LogP contribution < -0.4 is 10.6 Å². The number of carbonyl (C=O) groups is 2. The second-order valence-corrected chi connectivity index (χ2v) is 7.18. The van der Waals surface area contributed by atoms with E-state index in [1.54, 1.807) is 25.0 Å². The molecule has 0 fully saturated rings. The highest BCUT2D eigenvalue weighted by Gasteiger charge is 2.06. The number of hydrogen-bond donors (Lipinski definition) is 2. The molecule has 30 heavy (non-hydrogen) atoms. The number of rotatable bonds is 12. The molecule has 0 aliphatic heterocycles. The molecule has 0 radical (unpaired) electrons. The monoisotopic (exact) mass is 408 g/mol. The molecule has 8 nitrogen and oxygen atoms in total. The summed E-state index contributed by atoms with van der Waals surface area (Å²) >= 11 is 0. The normalized spacial score (nSPS) is 10.7. The van der Waals surface area contributed by atoms with Crippen LogP contribution in [0.1, 0.15) is 24.0 Å². The maximum absolute atomic E-state index is 12.1. The summed E-state index contributed by atoms with van der Waals surface area (Å²) in [5.41, 5.74) is 1.87. The lowest BCUT2D eigenvalue weighted by atomic mass is 10.1. The Labute approximate surface area is 176 Å². The predicted octanol–water partition coefficient (Wildman–Crippen LogP) is 1.58. The van der Waals surface area contributed by atoms with E-state index in [1.165, 1.54) is 0 Å². The van der Waals surface area contributed by atoms with Crippen LogP contribution in [0.2, 0.25) is 0 Å². The molecule has 8 heteroatoms. The predicted molar refractivity (Wildman–Crippen MR) is 114 cm³/mol. The van der Waals surface area contributed by atoms with Gasteiger partial charge in [0, 0.05) is 51.0 Å². The molecule has 1 aromatic carbocycles. The first-order valence-electron chi connectivity index (χ1n) is 10.2. The zero-order valence-electron chi connectivity index (χ0n) is 17.0. The van der Waals surface area contributed by atoms with Crippen molar-refractivity contribution in [2.75, 3.05) is 13.1 Å². The van der Waals surface area contributed by atoms with Gasteiger partial charge in [0.05, 0.1) is 25.5 Å². The van der Waals surface area contributed by atoms with Gasteiger partial charge < -0.3 is 19.8 Å². The summed E-state index contributed by atoms with van der Waals surface area (Å²) in [6, 6.07) is 7.64. The molecule has 3 rings (SSSR count). The van der Waals surface area contributed by atoms with Crippen LogP contribution in [0.25, 0.3) is 0 Å². The highest BCUT2D eigenvalue weighted by atomic mass is 16.2. The van der Waals surface area contributed by atoms with E-state index in [2.05, 4.69) is 20.6 Å². The summed E-state index contributed by atoms with van der Waals surface area (Å²) in [5, 5.41) is 5.87. The van der Waals surface area contributed by atoms with Gasteiger partial charge in [-0.05, 0) is 24.0 Å². The van der Waals surface area contributed by atoms with Crippen molar-refractivity contribution in [3.8, 4) is 0 Å². The molecule has 0 atom stereocenters. The highest BCUT2D eigenvalue weighted by molar-refractivity contribution is 5.79. The molecule has 2 amide bonds. The van der Waals surface area contributed by atoms with E-state index in [0.717, 1.165) is 37.1 Å². The van der Waals surface area contributed by atoms with Crippen molar-refractivity contribution < 1.29 is 9.59 Å². The Bertz CT molecular complexity index is 813. The molecule has 3 aromatic rings. The number of aryl methyl sites for hydroxylation is 2. The van der Waals surface area contributed by atoms with Crippen molar-refractivity contribution in [2.45, 2.75) is 38.8 Å². The number of imidazole rings is 2. The highest BCUT2D eigenvalue weighted by Crippen LogP contribution is 2.06. The van der Waals surface area contributed by atoms with Gasteiger partial charge in [-0.3, -0.25) is 9.59 Å². The molecule has 158 valence electrons. The number of hydrogen-bond acceptors (Lipinski definition) is 4. The minimum Gasteiger partial charge on any atom is -0.356 e. The Hall–Kier alpha value is -3.42. The number of nitrogens with zero attached hydrogens (tertiary/aromatic N) is 4. The summed E-state index contributed by atoms with van der Waals surface area (Å²) in [6.45, 7) is 2.94. The van der Waals surface area contributed by atoms with Crippen LogP contribution in [0.4, 0.5) is 0 Å². The Morgan fingerprint density at radius 3 is 1.53 bits per heavy atom. The lowest BCUT2D eigenvalue weighted by Crippen LogP contribution is -2.27. The molecule has 2 heterocycles. The van der Waals surface area contributed by atoms with Gasteiger partial charge in [0.25, 0.3) is 0 Å². The average molecular weight is 409 g/mol. The van der Waals surface area contributed by atoms with Gasteiger partial charge in [-0.25, -0.2) is 9.97 Å². The zero-order valence-corrected chi connectivity index (χ0v) is 17.0. The summed E-state index contributed by atoms with van der Waals surface area (Å²) in [6.07, 6.45) is 13.2. The molecule has 2 aromatic heterocycles. The van der Waals surface area contributed by atoms with Crippen molar-refractivity contribution in [1.29, 1.82) is 0 Å². The van der Waals surface area contributed by atoms with Crippen molar-refractivity contribution >= 4 is 11.8 Å². The van der Waals surface area contributed by atoms with Gasteiger partial charge in [0.15, 0.2) is 0 Å². The van der Waals surface area contributed by atoms with Crippen LogP contribution in [-0.2, 0) is 35.5 Å². The Balaban J connectivity index is 1.29. The lowest BCUT2D eigenvalue weighted by molar-refractivity contribution is -0.121. The van der Waals surface area contributed by atoms with Gasteiger partial charge >= 0.3 is 0 Å². The molecule has 2 N–H and O–H groups in total. The Morgan fingerprint density at radius 1 is 0.733 bits per heavy atom. The van der Waals surface area contributed by atoms with E-state index in [4.69, 9.17) is 0 Å². The number of benzene rings is 1. The molecule has 0 aliphatic rings. The van der Waals surface area contributed by atoms with Crippen molar-refractivity contribution in [3.05, 3.63) is 72.8 Å². The smallest absolute Gasteiger partial charge is 0.224 e. The van der Waals surface area contributed by atoms with Gasteiger partial charge in [-0.1, -0.05) is 24.3 Å². The van der Waals surface area contributed by atoms with Crippen LogP contribution in [0.3, 0.4) is 0 Å². The molecule has 0 bridgehead atoms. The minimum atomic E-state index is 0.00372.